The zero-order valence-electron chi connectivity index (χ0n) is 21.4. The fourth-order valence-electron chi connectivity index (χ4n) is 3.27. The molecule has 0 bridgehead atoms. The lowest BCUT2D eigenvalue weighted by molar-refractivity contribution is -0.124. The van der Waals surface area contributed by atoms with Crippen molar-refractivity contribution >= 4 is 11.6 Å². The fraction of sp³-hybridized carbons (Fsp3) is 0.520. The molecule has 2 atom stereocenters. The number of carbonyl (C=O) groups excluding carboxylic acids is 1. The molecule has 1 aromatic carbocycles. The molecule has 0 fully saturated rings. The van der Waals surface area contributed by atoms with Crippen LogP contribution in [0.4, 0.5) is 0 Å². The predicted octanol–water partition coefficient (Wildman–Crippen LogP) is 2.06. The van der Waals surface area contributed by atoms with Gasteiger partial charge in [0.2, 0.25) is 5.91 Å². The Morgan fingerprint density at radius 3 is 2.26 bits per heavy atom. The van der Waals surface area contributed by atoms with Crippen LogP contribution in [0.5, 0.6) is 5.75 Å². The summed E-state index contributed by atoms with van der Waals surface area (Å²) < 4.78 is 7.47. The van der Waals surface area contributed by atoms with Crippen molar-refractivity contribution in [2.24, 2.45) is 11.1 Å². The number of benzene rings is 1. The van der Waals surface area contributed by atoms with Crippen LogP contribution >= 0.6 is 0 Å². The molecule has 0 aliphatic rings. The average Bonchev–Trinajstić information content (AvgIpc) is 2.81. The van der Waals surface area contributed by atoms with Crippen LogP contribution in [-0.2, 0) is 22.7 Å². The summed E-state index contributed by atoms with van der Waals surface area (Å²) in [4.78, 5) is 43.9. The van der Waals surface area contributed by atoms with Gasteiger partial charge in [0, 0.05) is 18.2 Å². The zero-order valence-corrected chi connectivity index (χ0v) is 21.4. The van der Waals surface area contributed by atoms with E-state index in [-0.39, 0.29) is 36.6 Å². The van der Waals surface area contributed by atoms with Gasteiger partial charge in [-0.2, -0.15) is 0 Å². The Balaban J connectivity index is 2.49. The van der Waals surface area contributed by atoms with Crippen molar-refractivity contribution < 1.29 is 19.5 Å². The molecule has 1 aromatic heterocycles. The highest BCUT2D eigenvalue weighted by molar-refractivity contribution is 5.97. The van der Waals surface area contributed by atoms with E-state index < -0.39 is 23.4 Å². The molecule has 0 saturated carbocycles. The first-order valence-electron chi connectivity index (χ1n) is 11.6. The number of methoxy groups -OCH3 is 1. The van der Waals surface area contributed by atoms with Gasteiger partial charge in [-0.1, -0.05) is 31.1 Å². The number of hydrogen-bond donors (Lipinski definition) is 2. The number of aliphatic hydroxyl groups excluding tert-OH is 1. The van der Waals surface area contributed by atoms with E-state index in [1.165, 1.54) is 10.8 Å². The van der Waals surface area contributed by atoms with Crippen LogP contribution in [0.2, 0.25) is 0 Å². The lowest BCUT2D eigenvalue weighted by Gasteiger charge is -2.20. The Bertz CT molecular complexity index is 1150. The number of carbonyl (C=O) groups is 1. The van der Waals surface area contributed by atoms with Gasteiger partial charge in [-0.3, -0.25) is 18.7 Å². The second-order valence-corrected chi connectivity index (χ2v) is 9.08. The van der Waals surface area contributed by atoms with Crippen molar-refractivity contribution in [3.05, 3.63) is 62.4 Å². The van der Waals surface area contributed by atoms with E-state index in [1.54, 1.807) is 72.9 Å². The van der Waals surface area contributed by atoms with Crippen molar-refractivity contribution in [2.75, 3.05) is 7.11 Å². The van der Waals surface area contributed by atoms with E-state index in [9.17, 15) is 19.5 Å². The van der Waals surface area contributed by atoms with Crippen molar-refractivity contribution in [3.63, 3.8) is 0 Å². The largest absolute Gasteiger partial charge is 0.497 e. The summed E-state index contributed by atoms with van der Waals surface area (Å²) in [5, 5.41) is 17.6. The van der Waals surface area contributed by atoms with E-state index in [2.05, 4.69) is 10.5 Å². The number of rotatable bonds is 11. The number of ether oxygens (including phenoxy) is 1. The maximum Gasteiger partial charge on any atom is 0.331 e. The Morgan fingerprint density at radius 1 is 1.09 bits per heavy atom. The lowest BCUT2D eigenvalue weighted by atomic mass is 10.1. The van der Waals surface area contributed by atoms with Crippen LogP contribution < -0.4 is 21.3 Å². The fourth-order valence-corrected chi connectivity index (χ4v) is 3.27. The summed E-state index contributed by atoms with van der Waals surface area (Å²) in [6.07, 6.45) is 0.175. The molecular weight excluding hydrogens is 452 g/mol. The molecule has 0 saturated heterocycles. The van der Waals surface area contributed by atoms with Crippen molar-refractivity contribution in [2.45, 2.75) is 72.9 Å². The van der Waals surface area contributed by atoms with Crippen LogP contribution in [0.1, 0.15) is 58.8 Å². The van der Waals surface area contributed by atoms with Crippen LogP contribution in [-0.4, -0.2) is 45.1 Å². The molecular formula is C25H36N4O6. The molecule has 0 aliphatic carbocycles. The summed E-state index contributed by atoms with van der Waals surface area (Å²) in [5.74, 6) is 0.225. The third kappa shape index (κ3) is 7.54. The number of aromatic nitrogens is 2. The van der Waals surface area contributed by atoms with Crippen LogP contribution in [0.25, 0.3) is 0 Å². The van der Waals surface area contributed by atoms with Crippen molar-refractivity contribution in [1.29, 1.82) is 0 Å². The smallest absolute Gasteiger partial charge is 0.331 e. The predicted molar refractivity (Wildman–Crippen MR) is 134 cm³/mol. The highest BCUT2D eigenvalue weighted by Gasteiger charge is 2.20. The first kappa shape index (κ1) is 27.8. The number of nitrogens with one attached hydrogen (secondary N) is 1. The first-order chi connectivity index (χ1) is 16.4. The lowest BCUT2D eigenvalue weighted by Crippen LogP contribution is -2.48. The number of hydrogen-bond acceptors (Lipinski definition) is 7. The summed E-state index contributed by atoms with van der Waals surface area (Å²) in [7, 11) is 1.55. The minimum Gasteiger partial charge on any atom is -0.497 e. The van der Waals surface area contributed by atoms with Gasteiger partial charge in [0.05, 0.1) is 37.6 Å². The topological polar surface area (TPSA) is 124 Å². The van der Waals surface area contributed by atoms with Crippen molar-refractivity contribution in [1.82, 2.24) is 14.5 Å². The van der Waals surface area contributed by atoms with Crippen LogP contribution in [0.15, 0.2) is 45.2 Å². The average molecular weight is 489 g/mol. The minimum absolute atomic E-state index is 0.0408. The van der Waals surface area contributed by atoms with Gasteiger partial charge in [0.1, 0.15) is 11.9 Å². The molecule has 0 aliphatic heterocycles. The van der Waals surface area contributed by atoms with Gasteiger partial charge in [-0.05, 0) is 45.4 Å². The van der Waals surface area contributed by atoms with Gasteiger partial charge in [0.15, 0.2) is 0 Å². The van der Waals surface area contributed by atoms with Gasteiger partial charge in [-0.15, -0.1) is 0 Å². The van der Waals surface area contributed by atoms with Gasteiger partial charge in [0.25, 0.3) is 5.56 Å². The van der Waals surface area contributed by atoms with E-state index in [1.807, 2.05) is 0 Å². The van der Waals surface area contributed by atoms with Crippen LogP contribution in [0, 0.1) is 5.92 Å². The van der Waals surface area contributed by atoms with Gasteiger partial charge >= 0.3 is 5.69 Å². The van der Waals surface area contributed by atoms with Gasteiger partial charge < -0.3 is 20.0 Å². The Hall–Kier alpha value is -3.40. The zero-order chi connectivity index (χ0) is 26.3. The molecule has 1 amide bonds. The highest BCUT2D eigenvalue weighted by atomic mass is 16.6. The Labute approximate surface area is 205 Å². The van der Waals surface area contributed by atoms with Gasteiger partial charge in [-0.25, -0.2) is 4.79 Å². The first-order valence-corrected chi connectivity index (χ1v) is 11.6. The van der Waals surface area contributed by atoms with E-state index in [0.29, 0.717) is 17.0 Å². The number of amides is 1. The van der Waals surface area contributed by atoms with Crippen LogP contribution in [0.3, 0.4) is 0 Å². The molecule has 2 N–H and O–H groups in total. The second-order valence-electron chi connectivity index (χ2n) is 9.08. The SMILES string of the molecule is COc1ccc(C(O)Cn2cc(/C(C)=N/OC(C)C)c(=O)n(C[C@H](C)NC(=O)C(C)C)c2=O)cc1. The Kier molecular flexibility index (Phi) is 9.82. The third-order valence-corrected chi connectivity index (χ3v) is 5.27. The van der Waals surface area contributed by atoms with E-state index in [4.69, 9.17) is 9.57 Å². The molecule has 0 spiro atoms. The second kappa shape index (κ2) is 12.3. The summed E-state index contributed by atoms with van der Waals surface area (Å²) in [6.45, 7) is 10.3. The molecule has 192 valence electrons. The maximum absolute atomic E-state index is 13.3. The number of oxime groups is 1. The number of aliphatic hydroxyl groups is 1. The van der Waals surface area contributed by atoms with E-state index >= 15 is 0 Å². The number of nitrogens with zero attached hydrogens (tertiary/aromatic N) is 3. The normalized spacial score (nSPS) is 13.6. The molecule has 10 heteroatoms. The molecule has 0 radical (unpaired) electrons. The quantitative estimate of drug-likeness (QED) is 0.369. The van der Waals surface area contributed by atoms with Crippen molar-refractivity contribution in [3.8, 4) is 5.75 Å². The summed E-state index contributed by atoms with van der Waals surface area (Å²) in [6, 6.07) is 6.37. The summed E-state index contributed by atoms with van der Waals surface area (Å²) >= 11 is 0. The molecule has 1 heterocycles. The molecule has 2 rings (SSSR count). The van der Waals surface area contributed by atoms with E-state index in [0.717, 1.165) is 4.57 Å². The minimum atomic E-state index is -1.01. The molecule has 2 aromatic rings. The highest BCUT2D eigenvalue weighted by Crippen LogP contribution is 2.18. The Morgan fingerprint density at radius 2 is 1.71 bits per heavy atom. The standard InChI is InChI=1S/C25H36N4O6/c1-15(2)23(31)26-17(5)12-29-24(32)21(18(6)27-35-16(3)4)13-28(25(29)33)14-22(30)19-8-10-20(34-7)11-9-19/h8-11,13,15-17,22,30H,12,14H2,1-7H3,(H,26,31)/b27-18+/t17-,22?/m0/s1. The monoisotopic (exact) mass is 488 g/mol. The molecule has 1 unspecified atom stereocenters. The third-order valence-electron chi connectivity index (χ3n) is 5.27. The maximum atomic E-state index is 13.3. The molecule has 35 heavy (non-hydrogen) atoms. The summed E-state index contributed by atoms with van der Waals surface area (Å²) in [5.41, 5.74) is -0.111. The molecule has 10 nitrogen and oxygen atoms in total.